The van der Waals surface area contributed by atoms with Gasteiger partial charge in [-0.15, -0.1) is 0 Å². The first-order valence-corrected chi connectivity index (χ1v) is 7.52. The van der Waals surface area contributed by atoms with Gasteiger partial charge in [0.05, 0.1) is 11.1 Å². The Balaban J connectivity index is 2.27. The van der Waals surface area contributed by atoms with Crippen LogP contribution in [-0.4, -0.2) is 23.1 Å². The van der Waals surface area contributed by atoms with Crippen LogP contribution < -0.4 is 4.72 Å². The highest BCUT2D eigenvalue weighted by Gasteiger charge is 2.25. The molecule has 0 fully saturated rings. The highest BCUT2D eigenvalue weighted by atomic mass is 32.2. The van der Waals surface area contributed by atoms with Gasteiger partial charge in [0.25, 0.3) is 5.69 Å². The van der Waals surface area contributed by atoms with Crippen molar-refractivity contribution in [2.45, 2.75) is 18.4 Å². The van der Waals surface area contributed by atoms with Gasteiger partial charge in [-0.05, 0) is 13.0 Å². The fraction of sp³-hybridized carbons (Fsp3) is 0.250. The lowest BCUT2D eigenvalue weighted by atomic mass is 10.3. The van der Waals surface area contributed by atoms with E-state index in [1.54, 1.807) is 17.9 Å². The number of nitrogens with zero attached hydrogens (tertiary/aromatic N) is 3. The summed E-state index contributed by atoms with van der Waals surface area (Å²) >= 11 is 0. The van der Waals surface area contributed by atoms with Gasteiger partial charge in [-0.3, -0.25) is 14.8 Å². The number of nitro groups is 1. The summed E-state index contributed by atoms with van der Waals surface area (Å²) in [5.41, 5.74) is 1.08. The Morgan fingerprint density at radius 2 is 2.05 bits per heavy atom. The van der Waals surface area contributed by atoms with Crippen molar-refractivity contribution in [2.75, 3.05) is 0 Å². The topological polar surface area (TPSA) is 107 Å². The first kappa shape index (κ1) is 15.1. The van der Waals surface area contributed by atoms with Crippen molar-refractivity contribution < 1.29 is 13.3 Å². The molecule has 1 N–H and O–H groups in total. The number of nitrogens with one attached hydrogen (secondary N) is 1. The van der Waals surface area contributed by atoms with Gasteiger partial charge < -0.3 is 0 Å². The average Bonchev–Trinajstić information content (AvgIpc) is 2.77. The van der Waals surface area contributed by atoms with Gasteiger partial charge in [0.1, 0.15) is 0 Å². The Labute approximate surface area is 121 Å². The van der Waals surface area contributed by atoms with Gasteiger partial charge in [-0.1, -0.05) is 12.1 Å². The zero-order valence-electron chi connectivity index (χ0n) is 11.5. The lowest BCUT2D eigenvalue weighted by molar-refractivity contribution is -0.387. The molecule has 0 atom stereocenters. The van der Waals surface area contributed by atoms with Crippen molar-refractivity contribution in [1.29, 1.82) is 0 Å². The van der Waals surface area contributed by atoms with Crippen LogP contribution in [-0.2, 0) is 23.6 Å². The standard InChI is InChI=1S/C12H14N4O4S/c1-9-10(7-13-15(9)2)8-14-21(19,20)12-6-4-3-5-11(12)16(17)18/h3-7,14H,8H2,1-2H3. The molecule has 0 amide bonds. The molecule has 21 heavy (non-hydrogen) atoms. The van der Waals surface area contributed by atoms with E-state index in [0.717, 1.165) is 11.8 Å². The van der Waals surface area contributed by atoms with Crippen LogP contribution in [0.3, 0.4) is 0 Å². The summed E-state index contributed by atoms with van der Waals surface area (Å²) in [4.78, 5) is 9.83. The van der Waals surface area contributed by atoms with Gasteiger partial charge in [0, 0.05) is 30.9 Å². The first-order valence-electron chi connectivity index (χ1n) is 6.03. The van der Waals surface area contributed by atoms with Crippen molar-refractivity contribution >= 4 is 15.7 Å². The monoisotopic (exact) mass is 310 g/mol. The summed E-state index contributed by atoms with van der Waals surface area (Å²) < 4.78 is 28.4. The zero-order valence-corrected chi connectivity index (χ0v) is 12.3. The number of nitro benzene ring substituents is 1. The Kier molecular flexibility index (Phi) is 4.05. The number of hydrogen-bond donors (Lipinski definition) is 1. The van der Waals surface area contributed by atoms with Gasteiger partial charge in [0.15, 0.2) is 4.90 Å². The third-order valence-electron chi connectivity index (χ3n) is 3.14. The van der Waals surface area contributed by atoms with E-state index in [9.17, 15) is 18.5 Å². The van der Waals surface area contributed by atoms with Crippen LogP contribution in [0, 0.1) is 17.0 Å². The third kappa shape index (κ3) is 3.09. The van der Waals surface area contributed by atoms with Crippen LogP contribution in [0.1, 0.15) is 11.3 Å². The number of aromatic nitrogens is 2. The van der Waals surface area contributed by atoms with Crippen LogP contribution >= 0.6 is 0 Å². The van der Waals surface area contributed by atoms with Crippen molar-refractivity contribution in [3.8, 4) is 0 Å². The largest absolute Gasteiger partial charge is 0.289 e. The summed E-state index contributed by atoms with van der Waals surface area (Å²) in [5.74, 6) is 0. The van der Waals surface area contributed by atoms with Gasteiger partial charge >= 0.3 is 0 Å². The maximum atomic E-state index is 12.2. The second-order valence-corrected chi connectivity index (χ2v) is 6.16. The number of hydrogen-bond acceptors (Lipinski definition) is 5. The second-order valence-electron chi connectivity index (χ2n) is 4.43. The van der Waals surface area contributed by atoms with Crippen LogP contribution in [0.4, 0.5) is 5.69 Å². The van der Waals surface area contributed by atoms with Crippen molar-refractivity contribution in [2.24, 2.45) is 7.05 Å². The number of aryl methyl sites for hydroxylation is 1. The van der Waals surface area contributed by atoms with Crippen molar-refractivity contribution in [3.63, 3.8) is 0 Å². The molecule has 0 saturated heterocycles. The first-order chi connectivity index (χ1) is 9.83. The molecule has 9 heteroatoms. The lowest BCUT2D eigenvalue weighted by Gasteiger charge is -2.07. The molecule has 1 aromatic heterocycles. The molecule has 8 nitrogen and oxygen atoms in total. The minimum absolute atomic E-state index is 0.0219. The molecule has 0 spiro atoms. The molecule has 0 unspecified atom stereocenters. The predicted octanol–water partition coefficient (Wildman–Crippen LogP) is 1.12. The average molecular weight is 310 g/mol. The van der Waals surface area contributed by atoms with Crippen LogP contribution in [0.15, 0.2) is 35.4 Å². The maximum Gasteiger partial charge on any atom is 0.289 e. The molecule has 112 valence electrons. The Bertz CT molecular complexity index is 782. The molecule has 0 radical (unpaired) electrons. The quantitative estimate of drug-likeness (QED) is 0.657. The molecular weight excluding hydrogens is 296 g/mol. The van der Waals surface area contributed by atoms with Crippen LogP contribution in [0.25, 0.3) is 0 Å². The number of para-hydroxylation sites is 1. The second kappa shape index (κ2) is 5.62. The fourth-order valence-corrected chi connectivity index (χ4v) is 2.98. The Morgan fingerprint density at radius 1 is 1.38 bits per heavy atom. The van der Waals surface area contributed by atoms with Gasteiger partial charge in [0.2, 0.25) is 10.0 Å². The summed E-state index contributed by atoms with van der Waals surface area (Å²) in [6.07, 6.45) is 1.55. The summed E-state index contributed by atoms with van der Waals surface area (Å²) in [5, 5.41) is 14.9. The fourth-order valence-electron chi connectivity index (χ4n) is 1.80. The van der Waals surface area contributed by atoms with Crippen molar-refractivity contribution in [3.05, 3.63) is 51.8 Å². The molecule has 0 aliphatic carbocycles. The number of rotatable bonds is 5. The highest BCUT2D eigenvalue weighted by molar-refractivity contribution is 7.89. The lowest BCUT2D eigenvalue weighted by Crippen LogP contribution is -2.24. The van der Waals surface area contributed by atoms with Gasteiger partial charge in [-0.2, -0.15) is 5.10 Å². The summed E-state index contributed by atoms with van der Waals surface area (Å²) in [6.45, 7) is 1.83. The highest BCUT2D eigenvalue weighted by Crippen LogP contribution is 2.22. The molecule has 0 aliphatic rings. The molecular formula is C12H14N4O4S. The molecule has 2 aromatic rings. The van der Waals surface area contributed by atoms with E-state index in [0.29, 0.717) is 5.56 Å². The minimum Gasteiger partial charge on any atom is -0.273 e. The van der Waals surface area contributed by atoms with E-state index in [1.165, 1.54) is 18.2 Å². The summed E-state index contributed by atoms with van der Waals surface area (Å²) in [7, 11) is -2.22. The van der Waals surface area contributed by atoms with Crippen LogP contribution in [0.5, 0.6) is 0 Å². The normalized spacial score (nSPS) is 11.5. The van der Waals surface area contributed by atoms with E-state index in [1.807, 2.05) is 6.92 Å². The van der Waals surface area contributed by atoms with E-state index < -0.39 is 20.6 Å². The van der Waals surface area contributed by atoms with E-state index in [-0.39, 0.29) is 11.4 Å². The Morgan fingerprint density at radius 3 is 2.62 bits per heavy atom. The zero-order chi connectivity index (χ0) is 15.6. The maximum absolute atomic E-state index is 12.2. The summed E-state index contributed by atoms with van der Waals surface area (Å²) in [6, 6.07) is 5.22. The predicted molar refractivity (Wildman–Crippen MR) is 75.1 cm³/mol. The number of benzene rings is 1. The molecule has 0 bridgehead atoms. The molecule has 1 aromatic carbocycles. The molecule has 2 rings (SSSR count). The van der Waals surface area contributed by atoms with Crippen LogP contribution in [0.2, 0.25) is 0 Å². The van der Waals surface area contributed by atoms with Gasteiger partial charge in [-0.25, -0.2) is 13.1 Å². The van der Waals surface area contributed by atoms with E-state index in [2.05, 4.69) is 9.82 Å². The van der Waals surface area contributed by atoms with Crippen molar-refractivity contribution in [1.82, 2.24) is 14.5 Å². The minimum atomic E-state index is -3.97. The Hall–Kier alpha value is -2.26. The SMILES string of the molecule is Cc1c(CNS(=O)(=O)c2ccccc2[N+](=O)[O-])cnn1C. The molecule has 0 saturated carbocycles. The van der Waals surface area contributed by atoms with E-state index >= 15 is 0 Å². The smallest absolute Gasteiger partial charge is 0.273 e. The molecule has 1 heterocycles. The molecule has 0 aliphatic heterocycles. The number of sulfonamides is 1. The third-order valence-corrected chi connectivity index (χ3v) is 4.59. The van der Waals surface area contributed by atoms with E-state index in [4.69, 9.17) is 0 Å².